The Morgan fingerprint density at radius 3 is 2.70 bits per heavy atom. The van der Waals surface area contributed by atoms with E-state index in [2.05, 4.69) is 10.3 Å². The quantitative estimate of drug-likeness (QED) is 0.494. The van der Waals surface area contributed by atoms with Crippen molar-refractivity contribution in [1.29, 1.82) is 0 Å². The summed E-state index contributed by atoms with van der Waals surface area (Å²) in [7, 11) is 0. The van der Waals surface area contributed by atoms with Crippen LogP contribution in [0.4, 0.5) is 0 Å². The molecule has 0 spiro atoms. The molecule has 2 atom stereocenters. The van der Waals surface area contributed by atoms with Gasteiger partial charge in [0.05, 0.1) is 29.6 Å². The number of thiazole rings is 1. The van der Waals surface area contributed by atoms with Crippen molar-refractivity contribution in [3.05, 3.63) is 87.9 Å². The van der Waals surface area contributed by atoms with E-state index in [9.17, 15) is 14.4 Å². The van der Waals surface area contributed by atoms with Gasteiger partial charge in [-0.15, -0.1) is 11.3 Å². The van der Waals surface area contributed by atoms with Crippen LogP contribution in [-0.2, 0) is 20.8 Å². The van der Waals surface area contributed by atoms with E-state index in [4.69, 9.17) is 4.74 Å². The van der Waals surface area contributed by atoms with E-state index in [0.29, 0.717) is 45.8 Å². The minimum atomic E-state index is -0.401. The molecule has 9 heteroatoms. The molecule has 0 aliphatic carbocycles. The van der Waals surface area contributed by atoms with Crippen LogP contribution in [0.2, 0.25) is 0 Å². The molecule has 1 N–H and O–H groups in total. The van der Waals surface area contributed by atoms with Crippen LogP contribution in [0.3, 0.4) is 0 Å². The Morgan fingerprint density at radius 1 is 1.07 bits per heavy atom. The molecule has 208 valence electrons. The molecule has 2 bridgehead atoms. The average molecular weight is 559 g/mol. The van der Waals surface area contributed by atoms with Gasteiger partial charge in [-0.2, -0.15) is 0 Å². The highest BCUT2D eigenvalue weighted by Gasteiger charge is 2.40. The molecule has 8 nitrogen and oxygen atoms in total. The van der Waals surface area contributed by atoms with Crippen molar-refractivity contribution in [2.24, 2.45) is 5.92 Å². The molecular formula is C31H34N4O4S. The number of nitrogens with zero attached hydrogens (tertiary/aromatic N) is 3. The number of aryl methyl sites for hydroxylation is 1. The number of nitrogens with one attached hydrogen (secondary N) is 1. The number of carbonyl (C=O) groups is 3. The van der Waals surface area contributed by atoms with Crippen LogP contribution >= 0.6 is 11.3 Å². The second kappa shape index (κ2) is 12.9. The fraction of sp³-hybridized carbons (Fsp3) is 0.355. The summed E-state index contributed by atoms with van der Waals surface area (Å²) in [5.74, 6) is -0.0860. The fourth-order valence-electron chi connectivity index (χ4n) is 5.26. The Hall–Kier alpha value is -3.98. The zero-order valence-electron chi connectivity index (χ0n) is 22.6. The summed E-state index contributed by atoms with van der Waals surface area (Å²) in [5.41, 5.74) is 2.69. The van der Waals surface area contributed by atoms with E-state index in [1.54, 1.807) is 22.0 Å². The monoisotopic (exact) mass is 558 g/mol. The first-order chi connectivity index (χ1) is 19.5. The van der Waals surface area contributed by atoms with Crippen LogP contribution in [0.25, 0.3) is 6.08 Å². The number of rotatable bonds is 4. The van der Waals surface area contributed by atoms with Gasteiger partial charge in [0.2, 0.25) is 17.7 Å². The Labute approximate surface area is 238 Å². The lowest BCUT2D eigenvalue weighted by Gasteiger charge is -2.24. The summed E-state index contributed by atoms with van der Waals surface area (Å²) in [6, 6.07) is 17.5. The summed E-state index contributed by atoms with van der Waals surface area (Å²) in [4.78, 5) is 47.6. The third-order valence-electron chi connectivity index (χ3n) is 7.35. The van der Waals surface area contributed by atoms with Crippen molar-refractivity contribution in [1.82, 2.24) is 20.1 Å². The van der Waals surface area contributed by atoms with Gasteiger partial charge in [0, 0.05) is 50.1 Å². The van der Waals surface area contributed by atoms with Crippen molar-refractivity contribution >= 4 is 35.1 Å². The molecule has 2 aliphatic heterocycles. The molecule has 3 aromatic rings. The van der Waals surface area contributed by atoms with E-state index in [1.165, 1.54) is 11.3 Å². The molecule has 1 aromatic heterocycles. The number of fused-ring (bicyclic) bond motifs is 4. The van der Waals surface area contributed by atoms with Gasteiger partial charge in [0.1, 0.15) is 5.75 Å². The highest BCUT2D eigenvalue weighted by molar-refractivity contribution is 7.09. The Kier molecular flexibility index (Phi) is 8.91. The van der Waals surface area contributed by atoms with Crippen molar-refractivity contribution < 1.29 is 19.1 Å². The molecule has 3 heterocycles. The standard InChI is InChI=1S/C31H34N4O4S/c1-22-33-25(21-40-22)18-30(37)35-19-27-24-9-5-10-26(17-24)39-16-6-14-34(15-13-32-31(38)28(27)20-35)29(36)12-11-23-7-3-2-4-8-23/h2-5,7-12,17,21,27-28H,6,13-16,18-20H2,1H3,(H,32,38)/b12-11+/t27-,28+/m1/s1. The van der Waals surface area contributed by atoms with Gasteiger partial charge >= 0.3 is 0 Å². The van der Waals surface area contributed by atoms with Gasteiger partial charge in [-0.25, -0.2) is 4.98 Å². The largest absolute Gasteiger partial charge is 0.494 e. The fourth-order valence-corrected chi connectivity index (χ4v) is 5.87. The first kappa shape index (κ1) is 27.6. The van der Waals surface area contributed by atoms with E-state index in [1.807, 2.05) is 66.9 Å². The lowest BCUT2D eigenvalue weighted by Crippen LogP contribution is -2.42. The van der Waals surface area contributed by atoms with E-state index in [0.717, 1.165) is 27.6 Å². The molecule has 2 aliphatic rings. The summed E-state index contributed by atoms with van der Waals surface area (Å²) in [5, 5.41) is 5.89. The zero-order chi connectivity index (χ0) is 27.9. The van der Waals surface area contributed by atoms with Crippen LogP contribution in [0.15, 0.2) is 66.1 Å². The van der Waals surface area contributed by atoms with E-state index >= 15 is 0 Å². The van der Waals surface area contributed by atoms with Crippen LogP contribution in [-0.4, -0.2) is 71.8 Å². The summed E-state index contributed by atoms with van der Waals surface area (Å²) < 4.78 is 6.04. The highest BCUT2D eigenvalue weighted by Crippen LogP contribution is 2.35. The van der Waals surface area contributed by atoms with Crippen molar-refractivity contribution in [3.63, 3.8) is 0 Å². The molecule has 0 saturated carbocycles. The third-order valence-corrected chi connectivity index (χ3v) is 8.17. The summed E-state index contributed by atoms with van der Waals surface area (Å²) in [6.07, 6.45) is 4.26. The number of likely N-dealkylation sites (tertiary alicyclic amines) is 1. The maximum atomic E-state index is 13.5. The number of amides is 3. The van der Waals surface area contributed by atoms with Crippen molar-refractivity contribution in [2.45, 2.75) is 25.7 Å². The molecule has 2 aromatic carbocycles. The minimum Gasteiger partial charge on any atom is -0.494 e. The summed E-state index contributed by atoms with van der Waals surface area (Å²) in [6.45, 7) is 4.42. The van der Waals surface area contributed by atoms with Gasteiger partial charge in [-0.05, 0) is 42.7 Å². The van der Waals surface area contributed by atoms with Gasteiger partial charge in [-0.1, -0.05) is 42.5 Å². The van der Waals surface area contributed by atoms with Crippen LogP contribution in [0.1, 0.15) is 34.2 Å². The van der Waals surface area contributed by atoms with E-state index in [-0.39, 0.29) is 30.1 Å². The van der Waals surface area contributed by atoms with Gasteiger partial charge < -0.3 is 19.9 Å². The maximum Gasteiger partial charge on any atom is 0.246 e. The molecule has 1 saturated heterocycles. The Morgan fingerprint density at radius 2 is 1.90 bits per heavy atom. The van der Waals surface area contributed by atoms with Crippen molar-refractivity contribution in [2.75, 3.05) is 39.3 Å². The molecule has 0 unspecified atom stereocenters. The van der Waals surface area contributed by atoms with Crippen molar-refractivity contribution in [3.8, 4) is 5.75 Å². The molecule has 40 heavy (non-hydrogen) atoms. The minimum absolute atomic E-state index is 0.0297. The molecule has 1 fully saturated rings. The van der Waals surface area contributed by atoms with Gasteiger partial charge in [0.15, 0.2) is 0 Å². The number of hydrogen-bond donors (Lipinski definition) is 1. The number of carbonyl (C=O) groups excluding carboxylic acids is 3. The van der Waals surface area contributed by atoms with Crippen LogP contribution in [0, 0.1) is 12.8 Å². The normalized spacial score (nSPS) is 20.0. The topological polar surface area (TPSA) is 91.8 Å². The molecule has 3 amide bonds. The first-order valence-corrected chi connectivity index (χ1v) is 14.6. The number of aromatic nitrogens is 1. The van der Waals surface area contributed by atoms with E-state index < -0.39 is 5.92 Å². The summed E-state index contributed by atoms with van der Waals surface area (Å²) >= 11 is 1.53. The number of ether oxygens (including phenoxy) is 1. The van der Waals surface area contributed by atoms with Gasteiger partial charge in [-0.3, -0.25) is 14.4 Å². The highest BCUT2D eigenvalue weighted by atomic mass is 32.1. The number of benzene rings is 2. The second-order valence-electron chi connectivity index (χ2n) is 10.2. The lowest BCUT2D eigenvalue weighted by molar-refractivity contribution is -0.130. The second-order valence-corrected chi connectivity index (χ2v) is 11.2. The zero-order valence-corrected chi connectivity index (χ0v) is 23.4. The maximum absolute atomic E-state index is 13.5. The lowest BCUT2D eigenvalue weighted by atomic mass is 9.88. The molecule has 5 rings (SSSR count). The first-order valence-electron chi connectivity index (χ1n) is 13.7. The predicted molar refractivity (Wildman–Crippen MR) is 155 cm³/mol. The Bertz CT molecular complexity index is 1370. The predicted octanol–water partition coefficient (Wildman–Crippen LogP) is 3.68. The third kappa shape index (κ3) is 6.96. The SMILES string of the molecule is Cc1nc(CC(=O)N2C[C@@H]3C(=O)NCCN(C(=O)/C=C/c4ccccc4)CCCOc4cccc(c4)[C@H]3C2)cs1. The van der Waals surface area contributed by atoms with Gasteiger partial charge in [0.25, 0.3) is 0 Å². The van der Waals surface area contributed by atoms with Crippen LogP contribution < -0.4 is 10.1 Å². The molecule has 0 radical (unpaired) electrons. The Balaban J connectivity index is 1.31. The smallest absolute Gasteiger partial charge is 0.246 e. The van der Waals surface area contributed by atoms with Crippen LogP contribution in [0.5, 0.6) is 5.75 Å². The number of hydrogen-bond acceptors (Lipinski definition) is 6. The molecular weight excluding hydrogens is 524 g/mol. The average Bonchev–Trinajstić information content (AvgIpc) is 3.60.